The molecule has 3 heterocycles. The summed E-state index contributed by atoms with van der Waals surface area (Å²) in [6.07, 6.45) is -17.2. The van der Waals surface area contributed by atoms with E-state index in [1.807, 2.05) is 4.90 Å². The fourth-order valence-corrected chi connectivity index (χ4v) is 5.97. The van der Waals surface area contributed by atoms with Crippen LogP contribution >= 0.6 is 0 Å². The van der Waals surface area contributed by atoms with Gasteiger partial charge in [-0.1, -0.05) is 12.5 Å². The zero-order valence-electron chi connectivity index (χ0n) is 23.1. The summed E-state index contributed by atoms with van der Waals surface area (Å²) in [6.45, 7) is 3.35. The quantitative estimate of drug-likeness (QED) is 0.370. The van der Waals surface area contributed by atoms with Crippen LogP contribution < -0.4 is 0 Å². The Bertz CT molecular complexity index is 1110. The lowest BCUT2D eigenvalue weighted by molar-refractivity contribution is -0.308. The molecular formula is C27H32F9N3O4. The predicted octanol–water partition coefficient (Wildman–Crippen LogP) is 6.03. The predicted molar refractivity (Wildman–Crippen MR) is 131 cm³/mol. The van der Waals surface area contributed by atoms with Gasteiger partial charge < -0.3 is 9.64 Å². The van der Waals surface area contributed by atoms with E-state index in [2.05, 4.69) is 9.64 Å². The molecule has 0 aliphatic carbocycles. The van der Waals surface area contributed by atoms with Gasteiger partial charge in [0.15, 0.2) is 0 Å². The zero-order chi connectivity index (χ0) is 32.1. The van der Waals surface area contributed by atoms with E-state index in [1.165, 1.54) is 6.07 Å². The molecule has 3 aliphatic rings. The van der Waals surface area contributed by atoms with Crippen LogP contribution in [0.4, 0.5) is 44.3 Å². The minimum absolute atomic E-state index is 0.0708. The maximum Gasteiger partial charge on any atom is 0.434 e. The molecule has 0 aromatic heterocycles. The first-order valence-electron chi connectivity index (χ1n) is 13.7. The highest BCUT2D eigenvalue weighted by molar-refractivity contribution is 5.68. The number of amides is 1. The van der Waals surface area contributed by atoms with Gasteiger partial charge in [0, 0.05) is 32.7 Å². The summed E-state index contributed by atoms with van der Waals surface area (Å²) in [6, 6.07) is 4.15. The summed E-state index contributed by atoms with van der Waals surface area (Å²) in [5.74, 6) is 0. The molecule has 242 valence electrons. The molecule has 0 unspecified atom stereocenters. The van der Waals surface area contributed by atoms with Gasteiger partial charge in [-0.15, -0.1) is 0 Å². The third kappa shape index (κ3) is 9.83. The molecule has 1 aromatic carbocycles. The second-order valence-electron chi connectivity index (χ2n) is 11.3. The topological polar surface area (TPSA) is 70.2 Å². The summed E-state index contributed by atoms with van der Waals surface area (Å²) in [7, 11) is 0. The number of rotatable bonds is 5. The average molecular weight is 634 g/mol. The number of hydrogen-bond donors (Lipinski definition) is 0. The van der Waals surface area contributed by atoms with Gasteiger partial charge in [0.25, 0.3) is 6.10 Å². The molecule has 0 radical (unpaired) electrons. The maximum atomic E-state index is 13.6. The largest absolute Gasteiger partial charge is 0.434 e. The second kappa shape index (κ2) is 13.9. The number of carbonyl (C=O) groups excluding carboxylic acids is 3. The zero-order valence-corrected chi connectivity index (χ0v) is 23.1. The van der Waals surface area contributed by atoms with E-state index in [4.69, 9.17) is 9.59 Å². The van der Waals surface area contributed by atoms with E-state index in [1.54, 1.807) is 6.07 Å². The molecule has 1 aromatic rings. The monoisotopic (exact) mass is 633 g/mol. The van der Waals surface area contributed by atoms with Gasteiger partial charge >= 0.3 is 30.8 Å². The molecule has 1 spiro atoms. The number of benzene rings is 1. The number of nitrogens with zero attached hydrogens (tertiary/aromatic N) is 3. The van der Waals surface area contributed by atoms with Crippen LogP contribution in [0.25, 0.3) is 0 Å². The smallest absolute Gasteiger partial charge is 0.426 e. The van der Waals surface area contributed by atoms with E-state index < -0.39 is 36.3 Å². The minimum Gasteiger partial charge on any atom is -0.426 e. The number of likely N-dealkylation sites (tertiary alicyclic amines) is 3. The number of halogens is 9. The Hall–Kier alpha value is -2.84. The van der Waals surface area contributed by atoms with Crippen LogP contribution in [-0.2, 0) is 33.6 Å². The molecular weight excluding hydrogens is 601 g/mol. The number of ether oxygens (including phenoxy) is 1. The lowest BCUT2D eigenvalue weighted by Crippen LogP contribution is -2.50. The Balaban J connectivity index is 0.00000162. The normalized spacial score (nSPS) is 20.1. The van der Waals surface area contributed by atoms with E-state index in [0.717, 1.165) is 43.3 Å². The van der Waals surface area contributed by atoms with E-state index in [9.17, 15) is 44.3 Å². The van der Waals surface area contributed by atoms with Crippen molar-refractivity contribution in [3.05, 3.63) is 34.9 Å². The third-order valence-electron chi connectivity index (χ3n) is 8.05. The number of piperidine rings is 2. The number of hydrogen-bond acceptors (Lipinski definition) is 6. The molecule has 3 aliphatic heterocycles. The molecule has 1 amide bonds. The SMILES string of the molecule is O=C(OC(C(F)(F)F)C(F)(F)F)N1CCC2(CCN(Cc3cc(CN4CCCCC4)cc(C(F)(F)F)c3)C2)CC1.O=C=O. The molecule has 43 heavy (non-hydrogen) atoms. The van der Waals surface area contributed by atoms with Crippen LogP contribution in [0.5, 0.6) is 0 Å². The molecule has 4 rings (SSSR count). The van der Waals surface area contributed by atoms with Crippen LogP contribution in [0, 0.1) is 5.41 Å². The highest BCUT2D eigenvalue weighted by Crippen LogP contribution is 2.42. The van der Waals surface area contributed by atoms with Gasteiger partial charge in [-0.05, 0) is 80.4 Å². The molecule has 0 N–H and O–H groups in total. The van der Waals surface area contributed by atoms with Crippen molar-refractivity contribution in [3.63, 3.8) is 0 Å². The average Bonchev–Trinajstić information content (AvgIpc) is 3.28. The Kier molecular flexibility index (Phi) is 11.2. The van der Waals surface area contributed by atoms with Gasteiger partial charge in [-0.2, -0.15) is 49.1 Å². The van der Waals surface area contributed by atoms with Gasteiger partial charge in [0.2, 0.25) is 0 Å². The van der Waals surface area contributed by atoms with Crippen LogP contribution in [0.3, 0.4) is 0 Å². The molecule has 0 atom stereocenters. The minimum atomic E-state index is -5.78. The van der Waals surface area contributed by atoms with Crippen molar-refractivity contribution >= 4 is 12.2 Å². The fourth-order valence-electron chi connectivity index (χ4n) is 5.97. The Morgan fingerprint density at radius 3 is 1.74 bits per heavy atom. The standard InChI is InChI=1S/C26H32F9N3O2.CO2/c27-24(28,29)20-13-18(15-36-7-2-1-3-8-36)12-19(14-20)16-37-9-4-23(17-37)5-10-38(11-6-23)22(39)40-21(25(30,31)32)26(33,34)35;2-1-3/h12-14,21H,1-11,15-17H2;. The van der Waals surface area contributed by atoms with Crippen molar-refractivity contribution in [3.8, 4) is 0 Å². The lowest BCUT2D eigenvalue weighted by Gasteiger charge is -2.39. The number of alkyl halides is 9. The summed E-state index contributed by atoms with van der Waals surface area (Å²) in [4.78, 5) is 33.4. The first-order valence-corrected chi connectivity index (χ1v) is 13.7. The van der Waals surface area contributed by atoms with Crippen molar-refractivity contribution in [2.24, 2.45) is 5.41 Å². The first kappa shape index (κ1) is 34.6. The van der Waals surface area contributed by atoms with Crippen molar-refractivity contribution < 1.29 is 58.6 Å². The molecule has 3 fully saturated rings. The molecule has 3 saturated heterocycles. The number of carbonyl (C=O) groups is 1. The lowest BCUT2D eigenvalue weighted by atomic mass is 9.78. The highest BCUT2D eigenvalue weighted by atomic mass is 19.4. The molecule has 0 bridgehead atoms. The molecule has 0 saturated carbocycles. The van der Waals surface area contributed by atoms with Crippen molar-refractivity contribution in [1.29, 1.82) is 0 Å². The molecule has 7 nitrogen and oxygen atoms in total. The van der Waals surface area contributed by atoms with Crippen LogP contribution in [0.2, 0.25) is 0 Å². The van der Waals surface area contributed by atoms with Crippen LogP contribution in [0.15, 0.2) is 18.2 Å². The summed E-state index contributed by atoms with van der Waals surface area (Å²) >= 11 is 0. The summed E-state index contributed by atoms with van der Waals surface area (Å²) < 4.78 is 121. The second-order valence-corrected chi connectivity index (χ2v) is 11.3. The third-order valence-corrected chi connectivity index (χ3v) is 8.05. The van der Waals surface area contributed by atoms with E-state index >= 15 is 0 Å². The van der Waals surface area contributed by atoms with Gasteiger partial charge in [0.05, 0.1) is 5.56 Å². The van der Waals surface area contributed by atoms with Crippen molar-refractivity contribution in [1.82, 2.24) is 14.7 Å². The highest BCUT2D eigenvalue weighted by Gasteiger charge is 2.60. The van der Waals surface area contributed by atoms with Gasteiger partial charge in [-0.25, -0.2) is 4.79 Å². The Morgan fingerprint density at radius 2 is 1.26 bits per heavy atom. The van der Waals surface area contributed by atoms with Crippen molar-refractivity contribution in [2.75, 3.05) is 39.3 Å². The van der Waals surface area contributed by atoms with Crippen LogP contribution in [0.1, 0.15) is 55.2 Å². The summed E-state index contributed by atoms with van der Waals surface area (Å²) in [5, 5.41) is 0. The first-order chi connectivity index (χ1) is 20.0. The maximum absolute atomic E-state index is 13.6. The fraction of sp³-hybridized carbons (Fsp3) is 0.704. The molecule has 16 heteroatoms. The summed E-state index contributed by atoms with van der Waals surface area (Å²) in [5.41, 5.74) is 0.102. The van der Waals surface area contributed by atoms with Crippen LogP contribution in [-0.4, -0.2) is 84.7 Å². The Labute approximate surface area is 241 Å². The van der Waals surface area contributed by atoms with E-state index in [0.29, 0.717) is 50.0 Å². The van der Waals surface area contributed by atoms with Crippen molar-refractivity contribution in [2.45, 2.75) is 76.2 Å². The van der Waals surface area contributed by atoms with Gasteiger partial charge in [0.1, 0.15) is 0 Å². The Morgan fingerprint density at radius 1 is 0.767 bits per heavy atom. The van der Waals surface area contributed by atoms with Gasteiger partial charge in [-0.3, -0.25) is 9.80 Å². The van der Waals surface area contributed by atoms with E-state index in [-0.39, 0.29) is 31.2 Å².